The van der Waals surface area contributed by atoms with E-state index in [9.17, 15) is 18.4 Å². The Hall–Kier alpha value is -3.85. The number of fused-ring (bicyclic) bond motifs is 1. The molecule has 0 bridgehead atoms. The number of thiophene rings is 1. The molecule has 2 aromatic carbocycles. The van der Waals surface area contributed by atoms with Gasteiger partial charge in [0.25, 0.3) is 11.5 Å². The van der Waals surface area contributed by atoms with Crippen LogP contribution in [0.25, 0.3) is 27.4 Å². The minimum absolute atomic E-state index is 0.0624. The van der Waals surface area contributed by atoms with Gasteiger partial charge in [-0.2, -0.15) is 8.78 Å². The molecule has 0 spiro atoms. The van der Waals surface area contributed by atoms with E-state index in [2.05, 4.69) is 15.1 Å². The van der Waals surface area contributed by atoms with Crippen LogP contribution in [0.15, 0.2) is 77.2 Å². The summed E-state index contributed by atoms with van der Waals surface area (Å²) >= 11 is 1.34. The van der Waals surface area contributed by atoms with Crippen molar-refractivity contribution in [3.8, 4) is 16.9 Å². The number of hydrogen-bond acceptors (Lipinski definition) is 5. The average molecular weight is 439 g/mol. The topological polar surface area (TPSA) is 73.2 Å². The number of alkyl halides is 2. The summed E-state index contributed by atoms with van der Waals surface area (Å²) in [6, 6.07) is 15.5. The van der Waals surface area contributed by atoms with Crippen LogP contribution in [0.3, 0.4) is 0 Å². The van der Waals surface area contributed by atoms with E-state index in [0.29, 0.717) is 15.8 Å². The van der Waals surface area contributed by atoms with E-state index in [1.807, 2.05) is 35.7 Å². The first-order valence-electron chi connectivity index (χ1n) is 9.10. The second-order valence-corrected chi connectivity index (χ2v) is 7.20. The predicted octanol–water partition coefficient (Wildman–Crippen LogP) is 4.51. The fourth-order valence-electron chi connectivity index (χ4n) is 2.99. The molecule has 9 heteroatoms. The number of carbonyl (C=O) groups is 1. The molecular weight excluding hydrogens is 424 g/mol. The van der Waals surface area contributed by atoms with Crippen LogP contribution in [-0.4, -0.2) is 22.2 Å². The Balaban J connectivity index is 1.60. The Bertz CT molecular complexity index is 1320. The third-order valence-corrected chi connectivity index (χ3v) is 5.25. The smallest absolute Gasteiger partial charge is 0.387 e. The molecular formula is C22H15F2N3O3S. The number of hydrogen-bond donors (Lipinski definition) is 1. The van der Waals surface area contributed by atoms with Crippen molar-refractivity contribution in [3.63, 3.8) is 0 Å². The van der Waals surface area contributed by atoms with E-state index in [-0.39, 0.29) is 5.75 Å². The van der Waals surface area contributed by atoms with Crippen LogP contribution in [0, 0.1) is 0 Å². The van der Waals surface area contributed by atoms with Crippen molar-refractivity contribution >= 4 is 33.5 Å². The minimum atomic E-state index is -2.98. The Morgan fingerprint density at radius 3 is 2.65 bits per heavy atom. The van der Waals surface area contributed by atoms with Crippen LogP contribution >= 0.6 is 11.3 Å². The van der Waals surface area contributed by atoms with E-state index in [0.717, 1.165) is 21.9 Å². The molecule has 2 heterocycles. The predicted molar refractivity (Wildman–Crippen MR) is 116 cm³/mol. The SMILES string of the molecule is O=C(/C=C/c1ccccc1OC(F)F)Nn1cnc2scc(-c3ccccc3)c2c1=O. The fourth-order valence-corrected chi connectivity index (χ4v) is 3.89. The Kier molecular flexibility index (Phi) is 5.85. The van der Waals surface area contributed by atoms with Crippen molar-refractivity contribution in [3.05, 3.63) is 88.3 Å². The lowest BCUT2D eigenvalue weighted by Gasteiger charge is -2.08. The van der Waals surface area contributed by atoms with E-state index in [1.54, 1.807) is 12.1 Å². The summed E-state index contributed by atoms with van der Waals surface area (Å²) in [5.74, 6) is -0.695. The molecule has 0 saturated carbocycles. The summed E-state index contributed by atoms with van der Waals surface area (Å²) in [6.07, 6.45) is 3.68. The molecule has 2 aromatic heterocycles. The maximum absolute atomic E-state index is 13.0. The fraction of sp³-hybridized carbons (Fsp3) is 0.0455. The molecule has 0 aliphatic rings. The minimum Gasteiger partial charge on any atom is -0.434 e. The van der Waals surface area contributed by atoms with E-state index >= 15 is 0 Å². The molecule has 0 saturated heterocycles. The van der Waals surface area contributed by atoms with Gasteiger partial charge in [-0.15, -0.1) is 11.3 Å². The number of nitrogens with one attached hydrogen (secondary N) is 1. The normalized spacial score (nSPS) is 11.3. The molecule has 0 unspecified atom stereocenters. The number of aromatic nitrogens is 2. The van der Waals surface area contributed by atoms with Crippen LogP contribution in [0.1, 0.15) is 5.56 Å². The number of rotatable bonds is 6. The van der Waals surface area contributed by atoms with Crippen molar-refractivity contribution in [2.24, 2.45) is 0 Å². The molecule has 4 aromatic rings. The van der Waals surface area contributed by atoms with Gasteiger partial charge >= 0.3 is 6.61 Å². The largest absolute Gasteiger partial charge is 0.434 e. The number of amides is 1. The summed E-state index contributed by atoms with van der Waals surface area (Å²) in [5, 5.41) is 2.25. The summed E-state index contributed by atoms with van der Waals surface area (Å²) in [5.41, 5.74) is 3.90. The quantitative estimate of drug-likeness (QED) is 0.449. The zero-order valence-corrected chi connectivity index (χ0v) is 16.7. The maximum Gasteiger partial charge on any atom is 0.387 e. The monoisotopic (exact) mass is 439 g/mol. The first-order chi connectivity index (χ1) is 15.0. The zero-order chi connectivity index (χ0) is 21.8. The standard InChI is InChI=1S/C22H15F2N3O3S/c23-22(24)30-17-9-5-4-8-15(17)10-11-18(28)26-27-13-25-20-19(21(27)29)16(12-31-20)14-6-2-1-3-7-14/h1-13,22H,(H,26,28)/b11-10+. The highest BCUT2D eigenvalue weighted by Crippen LogP contribution is 2.30. The van der Waals surface area contributed by atoms with Gasteiger partial charge in [-0.25, -0.2) is 9.66 Å². The molecule has 156 valence electrons. The molecule has 0 aliphatic carbocycles. The second kappa shape index (κ2) is 8.88. The first-order valence-corrected chi connectivity index (χ1v) is 9.98. The van der Waals surface area contributed by atoms with Crippen LogP contribution in [0.2, 0.25) is 0 Å². The number of para-hydroxylation sites is 1. The maximum atomic E-state index is 13.0. The van der Waals surface area contributed by atoms with Crippen molar-refractivity contribution < 1.29 is 18.3 Å². The molecule has 0 fully saturated rings. The lowest BCUT2D eigenvalue weighted by molar-refractivity contribution is -0.112. The molecule has 0 atom stereocenters. The lowest BCUT2D eigenvalue weighted by atomic mass is 10.1. The highest BCUT2D eigenvalue weighted by Gasteiger charge is 2.14. The summed E-state index contributed by atoms with van der Waals surface area (Å²) in [6.45, 7) is -2.98. The highest BCUT2D eigenvalue weighted by atomic mass is 32.1. The molecule has 4 rings (SSSR count). The third kappa shape index (κ3) is 4.51. The van der Waals surface area contributed by atoms with Gasteiger partial charge in [-0.1, -0.05) is 48.5 Å². The number of nitrogens with zero attached hydrogens (tertiary/aromatic N) is 2. The molecule has 31 heavy (non-hydrogen) atoms. The zero-order valence-electron chi connectivity index (χ0n) is 15.9. The molecule has 6 nitrogen and oxygen atoms in total. The third-order valence-electron chi connectivity index (χ3n) is 4.36. The van der Waals surface area contributed by atoms with Gasteiger partial charge < -0.3 is 4.74 Å². The molecule has 0 radical (unpaired) electrons. The van der Waals surface area contributed by atoms with Gasteiger partial charge in [0.15, 0.2) is 0 Å². The average Bonchev–Trinajstić information content (AvgIpc) is 3.20. The number of benzene rings is 2. The Morgan fingerprint density at radius 1 is 1.13 bits per heavy atom. The first kappa shape index (κ1) is 20.4. The molecule has 1 amide bonds. The van der Waals surface area contributed by atoms with Gasteiger partial charge in [0.1, 0.15) is 16.9 Å². The van der Waals surface area contributed by atoms with Crippen LogP contribution in [-0.2, 0) is 4.79 Å². The highest BCUT2D eigenvalue weighted by molar-refractivity contribution is 7.17. The van der Waals surface area contributed by atoms with E-state index < -0.39 is 18.1 Å². The van der Waals surface area contributed by atoms with E-state index in [4.69, 9.17) is 0 Å². The summed E-state index contributed by atoms with van der Waals surface area (Å²) in [7, 11) is 0. The van der Waals surface area contributed by atoms with E-state index in [1.165, 1.54) is 35.9 Å². The molecule has 1 N–H and O–H groups in total. The van der Waals surface area contributed by atoms with Crippen LogP contribution in [0.5, 0.6) is 5.75 Å². The Morgan fingerprint density at radius 2 is 1.87 bits per heavy atom. The van der Waals surface area contributed by atoms with Crippen LogP contribution in [0.4, 0.5) is 8.78 Å². The number of ether oxygens (including phenoxy) is 1. The van der Waals surface area contributed by atoms with Crippen LogP contribution < -0.4 is 15.7 Å². The summed E-state index contributed by atoms with van der Waals surface area (Å²) in [4.78, 5) is 30.1. The van der Waals surface area contributed by atoms with Crippen molar-refractivity contribution in [1.82, 2.24) is 9.66 Å². The Labute approximate surface area is 179 Å². The second-order valence-electron chi connectivity index (χ2n) is 6.34. The van der Waals surface area contributed by atoms with Crippen molar-refractivity contribution in [1.29, 1.82) is 0 Å². The van der Waals surface area contributed by atoms with Gasteiger partial charge in [-0.05, 0) is 17.7 Å². The van der Waals surface area contributed by atoms with Gasteiger partial charge in [0, 0.05) is 22.6 Å². The van der Waals surface area contributed by atoms with Crippen molar-refractivity contribution in [2.75, 3.05) is 5.43 Å². The van der Waals surface area contributed by atoms with Gasteiger partial charge in [0.05, 0.1) is 5.39 Å². The van der Waals surface area contributed by atoms with Gasteiger partial charge in [-0.3, -0.25) is 15.0 Å². The lowest BCUT2D eigenvalue weighted by Crippen LogP contribution is -2.32. The summed E-state index contributed by atoms with van der Waals surface area (Å²) < 4.78 is 30.5. The van der Waals surface area contributed by atoms with Crippen molar-refractivity contribution in [2.45, 2.75) is 6.61 Å². The van der Waals surface area contributed by atoms with Gasteiger partial charge in [0.2, 0.25) is 0 Å². The number of halogens is 2. The number of carbonyl (C=O) groups excluding carboxylic acids is 1. The molecule has 0 aliphatic heterocycles.